The van der Waals surface area contributed by atoms with E-state index in [9.17, 15) is 9.59 Å². The second-order valence-electron chi connectivity index (χ2n) is 6.06. The van der Waals surface area contributed by atoms with Crippen molar-refractivity contribution in [2.45, 2.75) is 19.0 Å². The number of hydrogen-bond donors (Lipinski definition) is 1. The third-order valence-electron chi connectivity index (χ3n) is 4.50. The topological polar surface area (TPSA) is 62.6 Å². The van der Waals surface area contributed by atoms with Crippen LogP contribution < -0.4 is 5.32 Å². The molecule has 0 bridgehead atoms. The number of fused-ring (bicyclic) bond motifs is 1. The van der Waals surface area contributed by atoms with E-state index in [4.69, 9.17) is 4.42 Å². The van der Waals surface area contributed by atoms with Gasteiger partial charge in [-0.05, 0) is 35.4 Å². The molecule has 1 aliphatic heterocycles. The summed E-state index contributed by atoms with van der Waals surface area (Å²) in [4.78, 5) is 26.5. The summed E-state index contributed by atoms with van der Waals surface area (Å²) in [6, 6.07) is 16.8. The van der Waals surface area contributed by atoms with Crippen LogP contribution in [0, 0.1) is 0 Å². The Kier molecular flexibility index (Phi) is 3.16. The van der Waals surface area contributed by atoms with Crippen LogP contribution in [0.4, 0.5) is 4.79 Å². The molecule has 1 N–H and O–H groups in total. The van der Waals surface area contributed by atoms with Crippen LogP contribution in [0.5, 0.6) is 0 Å². The first-order chi connectivity index (χ1) is 11.6. The van der Waals surface area contributed by atoms with Crippen molar-refractivity contribution in [3.8, 4) is 0 Å². The van der Waals surface area contributed by atoms with Crippen LogP contribution in [0.1, 0.15) is 18.2 Å². The van der Waals surface area contributed by atoms with Crippen LogP contribution in [0.2, 0.25) is 0 Å². The lowest BCUT2D eigenvalue weighted by Gasteiger charge is -2.19. The zero-order chi connectivity index (χ0) is 16.7. The van der Waals surface area contributed by atoms with E-state index in [1.807, 2.05) is 42.5 Å². The minimum atomic E-state index is -1.16. The zero-order valence-corrected chi connectivity index (χ0v) is 13.2. The molecule has 0 radical (unpaired) electrons. The van der Waals surface area contributed by atoms with Crippen LogP contribution in [0.15, 0.2) is 65.3 Å². The fraction of sp³-hybridized carbons (Fsp3) is 0.158. The molecule has 3 amide bonds. The number of nitrogens with zero attached hydrogens (tertiary/aromatic N) is 1. The maximum absolute atomic E-state index is 12.9. The molecule has 3 aromatic rings. The second kappa shape index (κ2) is 5.23. The minimum Gasteiger partial charge on any atom is -0.466 e. The molecule has 0 aliphatic carbocycles. The maximum Gasteiger partial charge on any atom is 0.325 e. The molecular weight excluding hydrogens is 304 g/mol. The van der Waals surface area contributed by atoms with Gasteiger partial charge < -0.3 is 9.73 Å². The van der Waals surface area contributed by atoms with Gasteiger partial charge in [-0.3, -0.25) is 9.69 Å². The van der Waals surface area contributed by atoms with Gasteiger partial charge in [0.2, 0.25) is 0 Å². The van der Waals surface area contributed by atoms with Crippen LogP contribution >= 0.6 is 0 Å². The van der Waals surface area contributed by atoms with Crippen molar-refractivity contribution >= 4 is 22.7 Å². The number of rotatable bonds is 3. The third-order valence-corrected chi connectivity index (χ3v) is 4.50. The van der Waals surface area contributed by atoms with E-state index in [0.29, 0.717) is 5.76 Å². The van der Waals surface area contributed by atoms with Crippen molar-refractivity contribution in [3.05, 3.63) is 72.2 Å². The zero-order valence-electron chi connectivity index (χ0n) is 13.2. The van der Waals surface area contributed by atoms with Gasteiger partial charge >= 0.3 is 6.03 Å². The molecule has 2 heterocycles. The van der Waals surface area contributed by atoms with Gasteiger partial charge in [0.1, 0.15) is 5.76 Å². The van der Waals surface area contributed by atoms with Crippen molar-refractivity contribution in [1.82, 2.24) is 10.2 Å². The highest BCUT2D eigenvalue weighted by molar-refractivity contribution is 6.07. The van der Waals surface area contributed by atoms with Crippen LogP contribution in [0.3, 0.4) is 0 Å². The first-order valence-electron chi connectivity index (χ1n) is 7.74. The summed E-state index contributed by atoms with van der Waals surface area (Å²) >= 11 is 0. The first kappa shape index (κ1) is 14.5. The Morgan fingerprint density at radius 1 is 1.04 bits per heavy atom. The first-order valence-corrected chi connectivity index (χ1v) is 7.74. The van der Waals surface area contributed by atoms with E-state index in [0.717, 1.165) is 16.3 Å². The van der Waals surface area contributed by atoms with E-state index < -0.39 is 11.6 Å². The molecule has 1 unspecified atom stereocenters. The maximum atomic E-state index is 12.9. The monoisotopic (exact) mass is 320 g/mol. The molecule has 1 fully saturated rings. The summed E-state index contributed by atoms with van der Waals surface area (Å²) in [5.74, 6) is 0.122. The Bertz CT molecular complexity index is 927. The van der Waals surface area contributed by atoms with Gasteiger partial charge in [0.25, 0.3) is 5.91 Å². The van der Waals surface area contributed by atoms with Gasteiger partial charge in [0.05, 0.1) is 12.8 Å². The Morgan fingerprint density at radius 2 is 1.83 bits per heavy atom. The summed E-state index contributed by atoms with van der Waals surface area (Å²) in [5, 5.41) is 4.86. The number of urea groups is 1. The molecule has 24 heavy (non-hydrogen) atoms. The molecule has 1 aromatic heterocycles. The summed E-state index contributed by atoms with van der Waals surface area (Å²) in [6.45, 7) is 1.89. The molecule has 4 rings (SSSR count). The average molecular weight is 320 g/mol. The van der Waals surface area contributed by atoms with E-state index in [1.54, 1.807) is 19.1 Å². The molecule has 0 saturated carbocycles. The standard InChI is InChI=1S/C19H16N2O3/c1-19(16-10-5-11-24-16)17(22)21(18(23)20-19)12-14-8-4-7-13-6-2-3-9-15(13)14/h2-11H,12H2,1H3,(H,20,23). The number of nitrogens with one attached hydrogen (secondary N) is 1. The summed E-state index contributed by atoms with van der Waals surface area (Å²) < 4.78 is 5.35. The average Bonchev–Trinajstić information content (AvgIpc) is 3.20. The smallest absolute Gasteiger partial charge is 0.325 e. The Balaban J connectivity index is 1.70. The van der Waals surface area contributed by atoms with Crippen molar-refractivity contribution in [1.29, 1.82) is 0 Å². The predicted octanol–water partition coefficient (Wildman–Crippen LogP) is 3.40. The lowest BCUT2D eigenvalue weighted by molar-refractivity contribution is -0.132. The fourth-order valence-electron chi connectivity index (χ4n) is 3.17. The highest BCUT2D eigenvalue weighted by Gasteiger charge is 2.50. The minimum absolute atomic E-state index is 0.225. The van der Waals surface area contributed by atoms with Gasteiger partial charge in [-0.2, -0.15) is 0 Å². The molecular formula is C19H16N2O3. The van der Waals surface area contributed by atoms with Gasteiger partial charge in [0.15, 0.2) is 5.54 Å². The van der Waals surface area contributed by atoms with Crippen molar-refractivity contribution < 1.29 is 14.0 Å². The molecule has 1 saturated heterocycles. The summed E-state index contributed by atoms with van der Waals surface area (Å²) in [6.07, 6.45) is 1.49. The molecule has 5 heteroatoms. The third kappa shape index (κ3) is 2.09. The largest absolute Gasteiger partial charge is 0.466 e. The fourth-order valence-corrected chi connectivity index (χ4v) is 3.17. The molecule has 1 aliphatic rings. The Hall–Kier alpha value is -3.08. The molecule has 5 nitrogen and oxygen atoms in total. The van der Waals surface area contributed by atoms with Crippen molar-refractivity contribution in [3.63, 3.8) is 0 Å². The van der Waals surface area contributed by atoms with Crippen molar-refractivity contribution in [2.75, 3.05) is 0 Å². The van der Waals surface area contributed by atoms with E-state index in [-0.39, 0.29) is 12.5 Å². The molecule has 0 spiro atoms. The number of carbonyl (C=O) groups is 2. The second-order valence-corrected chi connectivity index (χ2v) is 6.06. The number of benzene rings is 2. The SMILES string of the molecule is CC1(c2ccco2)NC(=O)N(Cc2cccc3ccccc23)C1=O. The van der Waals surface area contributed by atoms with Gasteiger partial charge in [0, 0.05) is 0 Å². The number of furan rings is 1. The summed E-state index contributed by atoms with van der Waals surface area (Å²) in [5.41, 5.74) is -0.231. The Morgan fingerprint density at radius 3 is 2.62 bits per heavy atom. The number of hydrogen-bond acceptors (Lipinski definition) is 3. The van der Waals surface area contributed by atoms with E-state index in [1.165, 1.54) is 11.2 Å². The van der Waals surface area contributed by atoms with Crippen LogP contribution in [-0.4, -0.2) is 16.8 Å². The van der Waals surface area contributed by atoms with Crippen molar-refractivity contribution in [2.24, 2.45) is 0 Å². The van der Waals surface area contributed by atoms with E-state index in [2.05, 4.69) is 5.32 Å². The number of amides is 3. The predicted molar refractivity (Wildman–Crippen MR) is 89.1 cm³/mol. The van der Waals surface area contributed by atoms with Crippen LogP contribution in [0.25, 0.3) is 10.8 Å². The summed E-state index contributed by atoms with van der Waals surface area (Å²) in [7, 11) is 0. The lowest BCUT2D eigenvalue weighted by Crippen LogP contribution is -2.40. The molecule has 1 atom stereocenters. The highest BCUT2D eigenvalue weighted by atomic mass is 16.3. The Labute approximate surface area is 138 Å². The van der Waals surface area contributed by atoms with E-state index >= 15 is 0 Å². The van der Waals surface area contributed by atoms with Gasteiger partial charge in [-0.15, -0.1) is 0 Å². The molecule has 120 valence electrons. The lowest BCUT2D eigenvalue weighted by atomic mass is 9.99. The normalized spacial score (nSPS) is 20.6. The number of imide groups is 1. The quantitative estimate of drug-likeness (QED) is 0.752. The van der Waals surface area contributed by atoms with Crippen LogP contribution in [-0.2, 0) is 16.9 Å². The molecule has 2 aromatic carbocycles. The highest BCUT2D eigenvalue weighted by Crippen LogP contribution is 2.31. The van der Waals surface area contributed by atoms with Gasteiger partial charge in [-0.1, -0.05) is 42.5 Å². The van der Waals surface area contributed by atoms with Gasteiger partial charge in [-0.25, -0.2) is 4.79 Å². The number of carbonyl (C=O) groups excluding carboxylic acids is 2.